The molecule has 104 valence electrons. The van der Waals surface area contributed by atoms with E-state index >= 15 is 0 Å². The molecule has 3 rings (SSSR count). The molecule has 0 aromatic carbocycles. The summed E-state index contributed by atoms with van der Waals surface area (Å²) in [5.74, 6) is 1.66. The van der Waals surface area contributed by atoms with Gasteiger partial charge in [-0.1, -0.05) is 19.8 Å². The molecule has 2 atom stereocenters. The highest BCUT2D eigenvalue weighted by atomic mass is 16.1. The highest BCUT2D eigenvalue weighted by Gasteiger charge is 2.30. The fourth-order valence-electron chi connectivity index (χ4n) is 3.05. The average Bonchev–Trinajstić information content (AvgIpc) is 3.04. The maximum Gasteiger partial charge on any atom is 0.273 e. The van der Waals surface area contributed by atoms with E-state index in [1.165, 1.54) is 19.3 Å². The second kappa shape index (κ2) is 4.87. The summed E-state index contributed by atoms with van der Waals surface area (Å²) < 4.78 is 0. The van der Waals surface area contributed by atoms with Crippen molar-refractivity contribution in [3.63, 3.8) is 0 Å². The van der Waals surface area contributed by atoms with Crippen molar-refractivity contribution in [1.82, 2.24) is 15.5 Å². The summed E-state index contributed by atoms with van der Waals surface area (Å²) in [6.45, 7) is 3.00. The molecule has 1 aromatic rings. The number of nitrogen functional groups attached to an aromatic ring is 1. The summed E-state index contributed by atoms with van der Waals surface area (Å²) in [4.78, 5) is 12.1. The first-order valence-corrected chi connectivity index (χ1v) is 7.28. The summed E-state index contributed by atoms with van der Waals surface area (Å²) in [5.41, 5.74) is 7.85. The van der Waals surface area contributed by atoms with Gasteiger partial charge in [0.25, 0.3) is 5.91 Å². The second-order valence-electron chi connectivity index (χ2n) is 6.05. The van der Waals surface area contributed by atoms with Crippen molar-refractivity contribution >= 4 is 11.6 Å². The van der Waals surface area contributed by atoms with Gasteiger partial charge in [-0.3, -0.25) is 9.89 Å². The third kappa shape index (κ3) is 2.46. The molecule has 0 bridgehead atoms. The molecule has 2 saturated carbocycles. The Morgan fingerprint density at radius 2 is 2.21 bits per heavy atom. The van der Waals surface area contributed by atoms with Crippen LogP contribution in [0.3, 0.4) is 0 Å². The number of nitrogens with zero attached hydrogens (tertiary/aromatic N) is 1. The molecular weight excluding hydrogens is 240 g/mol. The van der Waals surface area contributed by atoms with Crippen molar-refractivity contribution in [3.8, 4) is 0 Å². The van der Waals surface area contributed by atoms with Crippen molar-refractivity contribution in [2.75, 3.05) is 12.3 Å². The Morgan fingerprint density at radius 1 is 1.42 bits per heavy atom. The van der Waals surface area contributed by atoms with Gasteiger partial charge in [0, 0.05) is 12.5 Å². The van der Waals surface area contributed by atoms with E-state index < -0.39 is 0 Å². The van der Waals surface area contributed by atoms with Crippen LogP contribution in [-0.4, -0.2) is 22.6 Å². The fraction of sp³-hybridized carbons (Fsp3) is 0.714. The zero-order chi connectivity index (χ0) is 13.4. The van der Waals surface area contributed by atoms with Crippen LogP contribution in [0.1, 0.15) is 61.1 Å². The van der Waals surface area contributed by atoms with Gasteiger partial charge in [-0.05, 0) is 31.1 Å². The Morgan fingerprint density at radius 3 is 2.84 bits per heavy atom. The van der Waals surface area contributed by atoms with Gasteiger partial charge in [0.15, 0.2) is 5.69 Å². The molecule has 5 nitrogen and oxygen atoms in total. The van der Waals surface area contributed by atoms with Crippen LogP contribution >= 0.6 is 0 Å². The summed E-state index contributed by atoms with van der Waals surface area (Å²) >= 11 is 0. The number of H-pyrrole nitrogens is 1. The Balaban J connectivity index is 1.60. The van der Waals surface area contributed by atoms with Crippen LogP contribution in [0.25, 0.3) is 0 Å². The predicted octanol–water partition coefficient (Wildman–Crippen LogP) is 2.04. The minimum atomic E-state index is -0.139. The first-order chi connectivity index (χ1) is 9.16. The van der Waals surface area contributed by atoms with E-state index in [4.69, 9.17) is 5.73 Å². The minimum absolute atomic E-state index is 0.139. The van der Waals surface area contributed by atoms with Crippen molar-refractivity contribution < 1.29 is 4.79 Å². The quantitative estimate of drug-likeness (QED) is 0.776. The van der Waals surface area contributed by atoms with Gasteiger partial charge in [0.1, 0.15) is 0 Å². The lowest BCUT2D eigenvalue weighted by Gasteiger charge is -2.15. The molecule has 5 heteroatoms. The number of amides is 1. The lowest BCUT2D eigenvalue weighted by atomic mass is 9.98. The molecule has 0 saturated heterocycles. The molecule has 19 heavy (non-hydrogen) atoms. The Kier molecular flexibility index (Phi) is 3.21. The van der Waals surface area contributed by atoms with Gasteiger partial charge in [0.05, 0.1) is 11.4 Å². The topological polar surface area (TPSA) is 83.8 Å². The van der Waals surface area contributed by atoms with Gasteiger partial charge >= 0.3 is 0 Å². The Labute approximate surface area is 113 Å². The molecule has 4 N–H and O–H groups in total. The third-order valence-electron chi connectivity index (χ3n) is 4.60. The van der Waals surface area contributed by atoms with Crippen LogP contribution in [-0.2, 0) is 0 Å². The van der Waals surface area contributed by atoms with E-state index in [2.05, 4.69) is 22.4 Å². The highest BCUT2D eigenvalue weighted by Crippen LogP contribution is 2.42. The lowest BCUT2D eigenvalue weighted by Crippen LogP contribution is -2.31. The number of aromatic nitrogens is 2. The normalized spacial score (nSPS) is 26.6. The number of carbonyl (C=O) groups excluding carboxylic acids is 1. The molecule has 2 aliphatic carbocycles. The molecule has 0 radical (unpaired) electrons. The number of rotatable bonds is 4. The maximum absolute atomic E-state index is 12.1. The lowest BCUT2D eigenvalue weighted by molar-refractivity contribution is 0.0940. The van der Waals surface area contributed by atoms with E-state index in [1.54, 1.807) is 0 Å². The van der Waals surface area contributed by atoms with Crippen molar-refractivity contribution in [2.45, 2.75) is 44.9 Å². The highest BCUT2D eigenvalue weighted by molar-refractivity contribution is 5.97. The molecule has 2 aliphatic rings. The molecule has 0 spiro atoms. The molecule has 1 aromatic heterocycles. The minimum Gasteiger partial charge on any atom is -0.395 e. The third-order valence-corrected chi connectivity index (χ3v) is 4.60. The van der Waals surface area contributed by atoms with Gasteiger partial charge in [0.2, 0.25) is 0 Å². The van der Waals surface area contributed by atoms with Crippen LogP contribution in [0.4, 0.5) is 5.69 Å². The smallest absolute Gasteiger partial charge is 0.273 e. The van der Waals surface area contributed by atoms with Crippen LogP contribution in [0, 0.1) is 11.8 Å². The standard InChI is InChI=1S/C14H22N4O/c1-8-3-2-4-10(8)7-16-14(19)13-11(15)12(17-18-13)9-5-6-9/h8-10H,2-7,15H2,1H3,(H,16,19)(H,17,18). The number of hydrogen-bond acceptors (Lipinski definition) is 3. The van der Waals surface area contributed by atoms with Crippen LogP contribution in [0.2, 0.25) is 0 Å². The molecule has 0 aliphatic heterocycles. The summed E-state index contributed by atoms with van der Waals surface area (Å²) in [6.07, 6.45) is 6.06. The van der Waals surface area contributed by atoms with Gasteiger partial charge in [-0.2, -0.15) is 5.10 Å². The maximum atomic E-state index is 12.1. The van der Waals surface area contributed by atoms with Crippen molar-refractivity contribution in [2.24, 2.45) is 11.8 Å². The summed E-state index contributed by atoms with van der Waals surface area (Å²) in [6, 6.07) is 0. The first-order valence-electron chi connectivity index (χ1n) is 7.28. The van der Waals surface area contributed by atoms with Crippen LogP contribution in [0.15, 0.2) is 0 Å². The first kappa shape index (κ1) is 12.5. The number of carbonyl (C=O) groups is 1. The Bertz CT molecular complexity index is 478. The van der Waals surface area contributed by atoms with E-state index in [0.29, 0.717) is 29.1 Å². The Hall–Kier alpha value is -1.52. The average molecular weight is 262 g/mol. The monoisotopic (exact) mass is 262 g/mol. The second-order valence-corrected chi connectivity index (χ2v) is 6.05. The molecule has 1 amide bonds. The van der Waals surface area contributed by atoms with Gasteiger partial charge in [-0.15, -0.1) is 0 Å². The fourth-order valence-corrected chi connectivity index (χ4v) is 3.05. The van der Waals surface area contributed by atoms with Crippen molar-refractivity contribution in [3.05, 3.63) is 11.4 Å². The summed E-state index contributed by atoms with van der Waals surface area (Å²) in [5, 5.41) is 9.98. The SMILES string of the molecule is CC1CCCC1CNC(=O)c1n[nH]c(C2CC2)c1N. The zero-order valence-corrected chi connectivity index (χ0v) is 11.4. The van der Waals surface area contributed by atoms with Gasteiger partial charge < -0.3 is 11.1 Å². The molecular formula is C14H22N4O. The predicted molar refractivity (Wildman–Crippen MR) is 73.8 cm³/mol. The van der Waals surface area contributed by atoms with E-state index in [1.807, 2.05) is 0 Å². The van der Waals surface area contributed by atoms with E-state index in [-0.39, 0.29) is 5.91 Å². The number of hydrogen-bond donors (Lipinski definition) is 3. The van der Waals surface area contributed by atoms with E-state index in [9.17, 15) is 4.79 Å². The van der Waals surface area contributed by atoms with Crippen LogP contribution in [0.5, 0.6) is 0 Å². The number of nitrogens with one attached hydrogen (secondary N) is 2. The number of aromatic amines is 1. The number of nitrogens with two attached hydrogens (primary N) is 1. The van der Waals surface area contributed by atoms with Crippen LogP contribution < -0.4 is 11.1 Å². The largest absolute Gasteiger partial charge is 0.395 e. The molecule has 1 heterocycles. The number of anilines is 1. The van der Waals surface area contributed by atoms with Gasteiger partial charge in [-0.25, -0.2) is 0 Å². The molecule has 2 unspecified atom stereocenters. The van der Waals surface area contributed by atoms with E-state index in [0.717, 1.165) is 25.1 Å². The van der Waals surface area contributed by atoms with Crippen molar-refractivity contribution in [1.29, 1.82) is 0 Å². The molecule has 2 fully saturated rings. The zero-order valence-electron chi connectivity index (χ0n) is 11.4. The summed E-state index contributed by atoms with van der Waals surface area (Å²) in [7, 11) is 0.